The molecule has 96 valence electrons. The van der Waals surface area contributed by atoms with Crippen molar-refractivity contribution in [1.82, 2.24) is 19.9 Å². The van der Waals surface area contributed by atoms with E-state index in [0.29, 0.717) is 5.65 Å². The van der Waals surface area contributed by atoms with Crippen molar-refractivity contribution in [3.05, 3.63) is 55.1 Å². The van der Waals surface area contributed by atoms with Crippen molar-refractivity contribution < 1.29 is 0 Å². The van der Waals surface area contributed by atoms with E-state index in [0.717, 1.165) is 17.0 Å². The third-order valence-electron chi connectivity index (χ3n) is 3.24. The molecule has 0 aliphatic rings. The van der Waals surface area contributed by atoms with E-state index in [2.05, 4.69) is 49.5 Å². The highest BCUT2D eigenvalue weighted by molar-refractivity contribution is 5.89. The second kappa shape index (κ2) is 4.31. The molecule has 0 aliphatic carbocycles. The lowest BCUT2D eigenvalue weighted by Crippen LogP contribution is -1.95. The number of fused-ring (bicyclic) bond motifs is 2. The lowest BCUT2D eigenvalue weighted by molar-refractivity contribution is 1.20. The van der Waals surface area contributed by atoms with E-state index in [1.807, 2.05) is 18.2 Å². The minimum atomic E-state index is 0.656. The van der Waals surface area contributed by atoms with Crippen molar-refractivity contribution >= 4 is 33.4 Å². The molecule has 20 heavy (non-hydrogen) atoms. The number of imidazole rings is 1. The van der Waals surface area contributed by atoms with Crippen LogP contribution in [0.5, 0.6) is 0 Å². The van der Waals surface area contributed by atoms with Gasteiger partial charge >= 0.3 is 0 Å². The summed E-state index contributed by atoms with van der Waals surface area (Å²) in [4.78, 5) is 15.5. The molecule has 0 atom stereocenters. The number of hydrogen-bond acceptors (Lipinski definition) is 4. The van der Waals surface area contributed by atoms with Crippen LogP contribution in [0.2, 0.25) is 0 Å². The molecule has 0 unspecified atom stereocenters. The van der Waals surface area contributed by atoms with Gasteiger partial charge in [-0.25, -0.2) is 15.0 Å². The zero-order valence-corrected chi connectivity index (χ0v) is 10.5. The van der Waals surface area contributed by atoms with E-state index in [9.17, 15) is 0 Å². The van der Waals surface area contributed by atoms with E-state index in [1.54, 1.807) is 6.33 Å². The van der Waals surface area contributed by atoms with E-state index in [1.165, 1.54) is 17.1 Å². The summed E-state index contributed by atoms with van der Waals surface area (Å²) in [5.41, 5.74) is 2.45. The number of H-pyrrole nitrogens is 1. The predicted molar refractivity (Wildman–Crippen MR) is 78.9 cm³/mol. The highest BCUT2D eigenvalue weighted by atomic mass is 15.1. The minimum Gasteiger partial charge on any atom is -0.340 e. The Morgan fingerprint density at radius 3 is 2.75 bits per heavy atom. The van der Waals surface area contributed by atoms with Crippen molar-refractivity contribution in [2.75, 3.05) is 5.32 Å². The number of benzene rings is 2. The number of nitrogens with zero attached hydrogens (tertiary/aromatic N) is 3. The normalized spacial score (nSPS) is 11.0. The summed E-state index contributed by atoms with van der Waals surface area (Å²) in [5.74, 6) is 0.725. The Morgan fingerprint density at radius 2 is 1.80 bits per heavy atom. The van der Waals surface area contributed by atoms with E-state index < -0.39 is 0 Å². The molecule has 5 heteroatoms. The molecule has 0 saturated heterocycles. The Labute approximate surface area is 114 Å². The lowest BCUT2D eigenvalue weighted by Gasteiger charge is -2.07. The molecule has 0 spiro atoms. The van der Waals surface area contributed by atoms with Crippen LogP contribution in [0.15, 0.2) is 55.1 Å². The van der Waals surface area contributed by atoms with Gasteiger partial charge in [0.15, 0.2) is 11.5 Å². The number of aromatic amines is 1. The molecule has 0 fully saturated rings. The summed E-state index contributed by atoms with van der Waals surface area (Å²) in [5, 5.41) is 5.71. The van der Waals surface area contributed by atoms with Gasteiger partial charge < -0.3 is 10.3 Å². The number of aromatic nitrogens is 4. The second-order valence-corrected chi connectivity index (χ2v) is 4.51. The Bertz CT molecular complexity index is 897. The number of hydrogen-bond donors (Lipinski definition) is 2. The van der Waals surface area contributed by atoms with Gasteiger partial charge in [0.2, 0.25) is 0 Å². The molecule has 5 nitrogen and oxygen atoms in total. The maximum absolute atomic E-state index is 4.26. The van der Waals surface area contributed by atoms with Crippen LogP contribution in [0, 0.1) is 0 Å². The molecular formula is C15H11N5. The summed E-state index contributed by atoms with van der Waals surface area (Å²) in [7, 11) is 0. The zero-order chi connectivity index (χ0) is 13.4. The van der Waals surface area contributed by atoms with Crippen molar-refractivity contribution in [3.8, 4) is 0 Å². The summed E-state index contributed by atoms with van der Waals surface area (Å²) in [6.07, 6.45) is 3.12. The van der Waals surface area contributed by atoms with E-state index in [4.69, 9.17) is 0 Å². The first-order valence-electron chi connectivity index (χ1n) is 6.30. The lowest BCUT2D eigenvalue weighted by atomic mass is 10.1. The first kappa shape index (κ1) is 10.9. The third-order valence-corrected chi connectivity index (χ3v) is 3.24. The number of rotatable bonds is 2. The van der Waals surface area contributed by atoms with E-state index >= 15 is 0 Å². The first-order valence-corrected chi connectivity index (χ1v) is 6.30. The van der Waals surface area contributed by atoms with Gasteiger partial charge in [0.25, 0.3) is 0 Å². The SMILES string of the molecule is c1ccc2cc(Nc3ncnc4nc[nH]c34)ccc2c1. The van der Waals surface area contributed by atoms with Crippen LogP contribution in [-0.4, -0.2) is 19.9 Å². The molecule has 2 N–H and O–H groups in total. The Balaban J connectivity index is 1.78. The van der Waals surface area contributed by atoms with Crippen LogP contribution in [-0.2, 0) is 0 Å². The summed E-state index contributed by atoms with van der Waals surface area (Å²) in [6.45, 7) is 0. The average Bonchev–Trinajstić information content (AvgIpc) is 2.97. The molecule has 2 aromatic heterocycles. The summed E-state index contributed by atoms with van der Waals surface area (Å²) >= 11 is 0. The summed E-state index contributed by atoms with van der Waals surface area (Å²) in [6, 6.07) is 14.5. The molecule has 4 aromatic rings. The van der Waals surface area contributed by atoms with Gasteiger partial charge in [0, 0.05) is 5.69 Å². The highest BCUT2D eigenvalue weighted by Crippen LogP contribution is 2.23. The molecule has 0 amide bonds. The molecule has 2 heterocycles. The van der Waals surface area contributed by atoms with Crippen LogP contribution < -0.4 is 5.32 Å². The van der Waals surface area contributed by atoms with Crippen LogP contribution in [0.3, 0.4) is 0 Å². The maximum Gasteiger partial charge on any atom is 0.182 e. The predicted octanol–water partition coefficient (Wildman–Crippen LogP) is 3.25. The fraction of sp³-hybridized carbons (Fsp3) is 0. The van der Waals surface area contributed by atoms with E-state index in [-0.39, 0.29) is 0 Å². The van der Waals surface area contributed by atoms with Gasteiger partial charge in [-0.05, 0) is 22.9 Å². The first-order chi connectivity index (χ1) is 9.90. The Hall–Kier alpha value is -2.95. The van der Waals surface area contributed by atoms with Gasteiger partial charge in [-0.1, -0.05) is 30.3 Å². The van der Waals surface area contributed by atoms with Crippen LogP contribution in [0.4, 0.5) is 11.5 Å². The van der Waals surface area contributed by atoms with Crippen LogP contribution in [0.1, 0.15) is 0 Å². The molecule has 4 rings (SSSR count). The molecular weight excluding hydrogens is 250 g/mol. The van der Waals surface area contributed by atoms with Crippen LogP contribution in [0.25, 0.3) is 21.9 Å². The van der Waals surface area contributed by atoms with Crippen molar-refractivity contribution in [2.45, 2.75) is 0 Å². The molecule has 0 bridgehead atoms. The second-order valence-electron chi connectivity index (χ2n) is 4.51. The average molecular weight is 261 g/mol. The van der Waals surface area contributed by atoms with Crippen LogP contribution >= 0.6 is 0 Å². The van der Waals surface area contributed by atoms with Crippen molar-refractivity contribution in [1.29, 1.82) is 0 Å². The van der Waals surface area contributed by atoms with Gasteiger partial charge in [0.05, 0.1) is 6.33 Å². The van der Waals surface area contributed by atoms with Gasteiger partial charge in [-0.2, -0.15) is 0 Å². The maximum atomic E-state index is 4.26. The molecule has 0 aliphatic heterocycles. The fourth-order valence-electron chi connectivity index (χ4n) is 2.26. The zero-order valence-electron chi connectivity index (χ0n) is 10.5. The number of nitrogens with one attached hydrogen (secondary N) is 2. The largest absolute Gasteiger partial charge is 0.340 e. The molecule has 0 radical (unpaired) electrons. The highest BCUT2D eigenvalue weighted by Gasteiger charge is 2.06. The Kier molecular flexibility index (Phi) is 2.35. The van der Waals surface area contributed by atoms with Crippen molar-refractivity contribution in [3.63, 3.8) is 0 Å². The standard InChI is InChI=1S/C15H11N5/c1-2-4-11-7-12(6-5-10(11)3-1)20-15-13-14(17-8-16-13)18-9-19-15/h1-9H,(H2,16,17,18,19,20). The topological polar surface area (TPSA) is 66.5 Å². The molecule has 2 aromatic carbocycles. The van der Waals surface area contributed by atoms with Crippen molar-refractivity contribution in [2.24, 2.45) is 0 Å². The minimum absolute atomic E-state index is 0.656. The van der Waals surface area contributed by atoms with Gasteiger partial charge in [0.1, 0.15) is 11.8 Å². The van der Waals surface area contributed by atoms with Gasteiger partial charge in [-0.15, -0.1) is 0 Å². The summed E-state index contributed by atoms with van der Waals surface area (Å²) < 4.78 is 0. The third kappa shape index (κ3) is 1.76. The number of anilines is 2. The fourth-order valence-corrected chi connectivity index (χ4v) is 2.26. The molecule has 0 saturated carbocycles. The Morgan fingerprint density at radius 1 is 0.900 bits per heavy atom. The monoisotopic (exact) mass is 261 g/mol. The quantitative estimate of drug-likeness (QED) is 0.581. The smallest absolute Gasteiger partial charge is 0.182 e. The van der Waals surface area contributed by atoms with Gasteiger partial charge in [-0.3, -0.25) is 0 Å².